The predicted octanol–water partition coefficient (Wildman–Crippen LogP) is 4.39. The summed E-state index contributed by atoms with van der Waals surface area (Å²) in [5.74, 6) is 0.700. The fourth-order valence-electron chi connectivity index (χ4n) is 3.60. The van der Waals surface area contributed by atoms with Gasteiger partial charge in [-0.25, -0.2) is 8.42 Å². The Labute approximate surface area is 201 Å². The van der Waals surface area contributed by atoms with Gasteiger partial charge >= 0.3 is 0 Å². The van der Waals surface area contributed by atoms with Crippen LogP contribution in [0.15, 0.2) is 71.6 Å². The molecule has 3 aromatic rings. The van der Waals surface area contributed by atoms with Gasteiger partial charge in [-0.1, -0.05) is 42.0 Å². The Hall–Kier alpha value is -3.52. The molecule has 0 spiro atoms. The minimum Gasteiger partial charge on any atom is -0.493 e. The lowest BCUT2D eigenvalue weighted by molar-refractivity contribution is -0.120. The third-order valence-electron chi connectivity index (χ3n) is 5.57. The van der Waals surface area contributed by atoms with E-state index in [0.717, 1.165) is 21.0 Å². The molecule has 0 heterocycles. The Balaban J connectivity index is 1.89. The number of amides is 1. The second kappa shape index (κ2) is 10.6. The van der Waals surface area contributed by atoms with E-state index in [-0.39, 0.29) is 17.5 Å². The molecule has 0 aliphatic heterocycles. The number of carbonyl (C=O) groups is 1. The molecule has 0 aliphatic rings. The van der Waals surface area contributed by atoms with E-state index in [1.165, 1.54) is 0 Å². The second-order valence-corrected chi connectivity index (χ2v) is 9.88. The lowest BCUT2D eigenvalue weighted by Crippen LogP contribution is -2.41. The van der Waals surface area contributed by atoms with E-state index in [1.807, 2.05) is 39.0 Å². The van der Waals surface area contributed by atoms with Crippen LogP contribution in [0.2, 0.25) is 0 Å². The van der Waals surface area contributed by atoms with Crippen molar-refractivity contribution in [1.29, 1.82) is 0 Å². The van der Waals surface area contributed by atoms with Crippen molar-refractivity contribution in [2.75, 3.05) is 25.1 Å². The van der Waals surface area contributed by atoms with Gasteiger partial charge in [0, 0.05) is 0 Å². The summed E-state index contributed by atoms with van der Waals surface area (Å²) in [7, 11) is -0.877. The highest BCUT2D eigenvalue weighted by Gasteiger charge is 2.28. The SMILES string of the molecule is COc1ccc(C(C)NC(=O)CN(c2ccccc2C)S(=O)(=O)c2ccc(C)cc2)cc1OC. The molecule has 1 amide bonds. The number of nitrogens with zero attached hydrogens (tertiary/aromatic N) is 1. The van der Waals surface area contributed by atoms with E-state index in [2.05, 4.69) is 5.32 Å². The van der Waals surface area contributed by atoms with Crippen molar-refractivity contribution < 1.29 is 22.7 Å². The van der Waals surface area contributed by atoms with Crippen LogP contribution in [0.25, 0.3) is 0 Å². The minimum atomic E-state index is -3.97. The highest BCUT2D eigenvalue weighted by Crippen LogP contribution is 2.30. The topological polar surface area (TPSA) is 84.9 Å². The molecule has 34 heavy (non-hydrogen) atoms. The quantitative estimate of drug-likeness (QED) is 0.489. The van der Waals surface area contributed by atoms with Gasteiger partial charge < -0.3 is 14.8 Å². The van der Waals surface area contributed by atoms with Crippen molar-refractivity contribution in [3.63, 3.8) is 0 Å². The number of carbonyl (C=O) groups excluding carboxylic acids is 1. The van der Waals surface area contributed by atoms with Crippen LogP contribution in [0.3, 0.4) is 0 Å². The fraction of sp³-hybridized carbons (Fsp3) is 0.269. The van der Waals surface area contributed by atoms with Gasteiger partial charge in [-0.05, 0) is 62.2 Å². The van der Waals surface area contributed by atoms with Gasteiger partial charge in [0.05, 0.1) is 30.8 Å². The molecule has 0 radical (unpaired) electrons. The van der Waals surface area contributed by atoms with Crippen molar-refractivity contribution in [3.05, 3.63) is 83.4 Å². The number of benzene rings is 3. The summed E-state index contributed by atoms with van der Waals surface area (Å²) in [6, 6.07) is 18.7. The van der Waals surface area contributed by atoms with Crippen LogP contribution >= 0.6 is 0 Å². The van der Waals surface area contributed by atoms with Crippen molar-refractivity contribution in [2.45, 2.75) is 31.7 Å². The Bertz CT molecular complexity index is 1260. The lowest BCUT2D eigenvalue weighted by atomic mass is 10.1. The van der Waals surface area contributed by atoms with Crippen molar-refractivity contribution >= 4 is 21.6 Å². The maximum atomic E-state index is 13.6. The van der Waals surface area contributed by atoms with Crippen LogP contribution < -0.4 is 19.1 Å². The van der Waals surface area contributed by atoms with E-state index in [9.17, 15) is 13.2 Å². The summed E-state index contributed by atoms with van der Waals surface area (Å²) < 4.78 is 38.9. The second-order valence-electron chi connectivity index (χ2n) is 8.01. The summed E-state index contributed by atoms with van der Waals surface area (Å²) in [4.78, 5) is 13.2. The van der Waals surface area contributed by atoms with E-state index in [4.69, 9.17) is 9.47 Å². The maximum absolute atomic E-state index is 13.6. The molecule has 0 saturated carbocycles. The average molecular weight is 483 g/mol. The van der Waals surface area contributed by atoms with Gasteiger partial charge in [0.2, 0.25) is 5.91 Å². The van der Waals surface area contributed by atoms with E-state index < -0.39 is 15.9 Å². The van der Waals surface area contributed by atoms with Crippen LogP contribution in [-0.4, -0.2) is 35.1 Å². The molecule has 180 valence electrons. The molecule has 0 aliphatic carbocycles. The first-order valence-corrected chi connectivity index (χ1v) is 12.3. The molecule has 0 aromatic heterocycles. The van der Waals surface area contributed by atoms with Crippen LogP contribution in [0, 0.1) is 13.8 Å². The van der Waals surface area contributed by atoms with Crippen LogP contribution in [0.4, 0.5) is 5.69 Å². The van der Waals surface area contributed by atoms with Gasteiger partial charge in [0.25, 0.3) is 10.0 Å². The highest BCUT2D eigenvalue weighted by atomic mass is 32.2. The van der Waals surface area contributed by atoms with Gasteiger partial charge in [-0.3, -0.25) is 9.10 Å². The number of nitrogens with one attached hydrogen (secondary N) is 1. The number of hydrogen-bond donors (Lipinski definition) is 1. The summed E-state index contributed by atoms with van der Waals surface area (Å²) in [6.45, 7) is 5.17. The number of methoxy groups -OCH3 is 2. The van der Waals surface area contributed by atoms with Crippen molar-refractivity contribution in [2.24, 2.45) is 0 Å². The molecule has 1 atom stereocenters. The van der Waals surface area contributed by atoms with Gasteiger partial charge in [0.15, 0.2) is 11.5 Å². The molecule has 7 nitrogen and oxygen atoms in total. The normalized spacial score (nSPS) is 12.0. The molecule has 0 bridgehead atoms. The molecular weight excluding hydrogens is 452 g/mol. The number of sulfonamides is 1. The summed E-state index contributed by atoms with van der Waals surface area (Å²) in [5, 5.41) is 2.90. The summed E-state index contributed by atoms with van der Waals surface area (Å²) in [5.41, 5.74) is 2.95. The first-order valence-electron chi connectivity index (χ1n) is 10.8. The van der Waals surface area contributed by atoms with Crippen LogP contribution in [0.1, 0.15) is 29.7 Å². The predicted molar refractivity (Wildman–Crippen MR) is 133 cm³/mol. The maximum Gasteiger partial charge on any atom is 0.264 e. The zero-order valence-electron chi connectivity index (χ0n) is 20.0. The van der Waals surface area contributed by atoms with Crippen molar-refractivity contribution in [1.82, 2.24) is 5.32 Å². The van der Waals surface area contributed by atoms with Crippen LogP contribution in [-0.2, 0) is 14.8 Å². The number of hydrogen-bond acceptors (Lipinski definition) is 5. The van der Waals surface area contributed by atoms with E-state index >= 15 is 0 Å². The molecular formula is C26H30N2O5S. The Kier molecular flexibility index (Phi) is 7.83. The molecule has 3 rings (SSSR count). The van der Waals surface area contributed by atoms with Crippen molar-refractivity contribution in [3.8, 4) is 11.5 Å². The standard InChI is InChI=1S/C26H30N2O5S/c1-18-10-13-22(14-11-18)34(30,31)28(23-9-7-6-8-19(23)2)17-26(29)27-20(3)21-12-15-24(32-4)25(16-21)33-5/h6-16,20H,17H2,1-5H3,(H,27,29). The Morgan fingerprint density at radius 1 is 0.941 bits per heavy atom. The monoisotopic (exact) mass is 482 g/mol. The van der Waals surface area contributed by atoms with Gasteiger partial charge in [-0.15, -0.1) is 0 Å². The number of anilines is 1. The van der Waals surface area contributed by atoms with E-state index in [0.29, 0.717) is 17.2 Å². The first-order chi connectivity index (χ1) is 16.2. The Morgan fingerprint density at radius 2 is 1.59 bits per heavy atom. The molecule has 1 N–H and O–H groups in total. The summed E-state index contributed by atoms with van der Waals surface area (Å²) >= 11 is 0. The largest absolute Gasteiger partial charge is 0.493 e. The zero-order chi connectivity index (χ0) is 24.9. The van der Waals surface area contributed by atoms with Gasteiger partial charge in [-0.2, -0.15) is 0 Å². The smallest absolute Gasteiger partial charge is 0.264 e. The molecule has 1 unspecified atom stereocenters. The molecule has 0 fully saturated rings. The summed E-state index contributed by atoms with van der Waals surface area (Å²) in [6.07, 6.45) is 0. The molecule has 8 heteroatoms. The number of para-hydroxylation sites is 1. The number of ether oxygens (including phenoxy) is 2. The average Bonchev–Trinajstić information content (AvgIpc) is 2.82. The molecule has 3 aromatic carbocycles. The van der Waals surface area contributed by atoms with E-state index in [1.54, 1.807) is 62.8 Å². The van der Waals surface area contributed by atoms with Gasteiger partial charge in [0.1, 0.15) is 6.54 Å². The third-order valence-corrected chi connectivity index (χ3v) is 7.34. The number of aryl methyl sites for hydroxylation is 2. The molecule has 0 saturated heterocycles. The Morgan fingerprint density at radius 3 is 2.21 bits per heavy atom. The number of rotatable bonds is 9. The van der Waals surface area contributed by atoms with Crippen LogP contribution in [0.5, 0.6) is 11.5 Å². The zero-order valence-corrected chi connectivity index (χ0v) is 20.8. The fourth-order valence-corrected chi connectivity index (χ4v) is 5.09. The lowest BCUT2D eigenvalue weighted by Gasteiger charge is -2.26. The first kappa shape index (κ1) is 25.1. The highest BCUT2D eigenvalue weighted by molar-refractivity contribution is 7.92. The minimum absolute atomic E-state index is 0.127. The third kappa shape index (κ3) is 5.51.